The van der Waals surface area contributed by atoms with E-state index < -0.39 is 0 Å². The molecule has 0 radical (unpaired) electrons. The molecular formula is C23H33N5. The monoisotopic (exact) mass is 379 g/mol. The van der Waals surface area contributed by atoms with Crippen LogP contribution in [0, 0.1) is 25.7 Å². The average molecular weight is 380 g/mol. The van der Waals surface area contributed by atoms with E-state index in [0.29, 0.717) is 0 Å². The normalized spacial score (nSPS) is 21.9. The molecule has 0 N–H and O–H groups in total. The van der Waals surface area contributed by atoms with Gasteiger partial charge >= 0.3 is 0 Å². The van der Waals surface area contributed by atoms with Crippen molar-refractivity contribution in [2.75, 3.05) is 13.1 Å². The summed E-state index contributed by atoms with van der Waals surface area (Å²) in [4.78, 5) is 2.59. The predicted molar refractivity (Wildman–Crippen MR) is 112 cm³/mol. The van der Waals surface area contributed by atoms with Gasteiger partial charge in [-0.15, -0.1) is 5.10 Å². The van der Waals surface area contributed by atoms with Crippen LogP contribution in [0.3, 0.4) is 0 Å². The van der Waals surface area contributed by atoms with Crippen LogP contribution in [0.15, 0.2) is 29.8 Å². The zero-order valence-corrected chi connectivity index (χ0v) is 17.7. The Morgan fingerprint density at radius 2 is 1.79 bits per heavy atom. The molecule has 2 heterocycles. The molecule has 28 heavy (non-hydrogen) atoms. The van der Waals surface area contributed by atoms with Crippen LogP contribution in [-0.2, 0) is 0 Å². The number of para-hydroxylation sites is 1. The molecule has 1 aliphatic heterocycles. The number of likely N-dealkylation sites (tertiary alicyclic amines) is 1. The number of aryl methyl sites for hydroxylation is 2. The average Bonchev–Trinajstić information content (AvgIpc) is 3.36. The molecule has 1 fully saturated rings. The minimum atomic E-state index is 0.199. The zero-order valence-electron chi connectivity index (χ0n) is 17.7. The maximum atomic E-state index is 4.57. The van der Waals surface area contributed by atoms with Gasteiger partial charge < -0.3 is 0 Å². The Kier molecular flexibility index (Phi) is 5.63. The lowest BCUT2D eigenvalue weighted by Gasteiger charge is -2.33. The number of tetrazole rings is 1. The second kappa shape index (κ2) is 8.16. The molecule has 150 valence electrons. The predicted octanol–water partition coefficient (Wildman–Crippen LogP) is 4.80. The van der Waals surface area contributed by atoms with Crippen LogP contribution in [0.5, 0.6) is 0 Å². The fourth-order valence-corrected chi connectivity index (χ4v) is 4.96. The number of hydrogen-bond donors (Lipinski definition) is 0. The first-order valence-corrected chi connectivity index (χ1v) is 10.8. The highest BCUT2D eigenvalue weighted by molar-refractivity contribution is 5.47. The molecule has 5 heteroatoms. The first-order valence-electron chi connectivity index (χ1n) is 10.8. The van der Waals surface area contributed by atoms with Gasteiger partial charge in [0.05, 0.1) is 11.7 Å². The van der Waals surface area contributed by atoms with E-state index in [0.717, 1.165) is 42.9 Å². The fourth-order valence-electron chi connectivity index (χ4n) is 4.96. The van der Waals surface area contributed by atoms with E-state index in [9.17, 15) is 0 Å². The van der Waals surface area contributed by atoms with E-state index >= 15 is 0 Å². The summed E-state index contributed by atoms with van der Waals surface area (Å²) in [5, 5.41) is 13.1. The molecule has 2 unspecified atom stereocenters. The van der Waals surface area contributed by atoms with Gasteiger partial charge in [0.2, 0.25) is 0 Å². The molecular weight excluding hydrogens is 346 g/mol. The minimum absolute atomic E-state index is 0.199. The molecule has 4 rings (SSSR count). The molecule has 0 amide bonds. The second-order valence-electron chi connectivity index (χ2n) is 8.89. The molecule has 1 aromatic heterocycles. The first-order chi connectivity index (χ1) is 13.6. The summed E-state index contributed by atoms with van der Waals surface area (Å²) in [5.74, 6) is 2.54. The second-order valence-corrected chi connectivity index (χ2v) is 8.89. The molecule has 1 aliphatic carbocycles. The summed E-state index contributed by atoms with van der Waals surface area (Å²) in [6, 6.07) is 6.59. The lowest BCUT2D eigenvalue weighted by Crippen LogP contribution is -2.31. The third-order valence-electron chi connectivity index (χ3n) is 6.68. The van der Waals surface area contributed by atoms with Crippen molar-refractivity contribution in [3.63, 3.8) is 0 Å². The summed E-state index contributed by atoms with van der Waals surface area (Å²) >= 11 is 0. The third kappa shape index (κ3) is 3.64. The van der Waals surface area contributed by atoms with Crippen molar-refractivity contribution in [1.29, 1.82) is 0 Å². The van der Waals surface area contributed by atoms with Crippen molar-refractivity contribution in [3.8, 4) is 5.69 Å². The third-order valence-corrected chi connectivity index (χ3v) is 6.68. The number of hydrogen-bond acceptors (Lipinski definition) is 4. The summed E-state index contributed by atoms with van der Waals surface area (Å²) in [7, 11) is 0. The van der Waals surface area contributed by atoms with E-state index in [1.807, 2.05) is 4.68 Å². The van der Waals surface area contributed by atoms with Crippen molar-refractivity contribution >= 4 is 0 Å². The van der Waals surface area contributed by atoms with Gasteiger partial charge in [0.1, 0.15) is 0 Å². The maximum absolute atomic E-state index is 4.57. The largest absolute Gasteiger partial charge is 0.290 e. The Morgan fingerprint density at radius 3 is 2.39 bits per heavy atom. The van der Waals surface area contributed by atoms with Gasteiger partial charge in [-0.2, -0.15) is 4.68 Å². The maximum Gasteiger partial charge on any atom is 0.177 e. The van der Waals surface area contributed by atoms with Crippen molar-refractivity contribution in [3.05, 3.63) is 46.8 Å². The molecule has 0 saturated carbocycles. The number of aromatic nitrogens is 4. The van der Waals surface area contributed by atoms with Crippen LogP contribution in [0.25, 0.3) is 5.69 Å². The number of benzene rings is 1. The van der Waals surface area contributed by atoms with Gasteiger partial charge in [-0.05, 0) is 98.0 Å². The molecule has 2 aromatic rings. The van der Waals surface area contributed by atoms with E-state index in [-0.39, 0.29) is 6.04 Å². The van der Waals surface area contributed by atoms with Crippen molar-refractivity contribution in [1.82, 2.24) is 25.1 Å². The van der Waals surface area contributed by atoms with Crippen LogP contribution in [0.1, 0.15) is 68.9 Å². The van der Waals surface area contributed by atoms with Crippen LogP contribution >= 0.6 is 0 Å². The van der Waals surface area contributed by atoms with Crippen molar-refractivity contribution in [2.45, 2.75) is 65.8 Å². The highest BCUT2D eigenvalue weighted by Gasteiger charge is 2.33. The number of rotatable bonds is 5. The van der Waals surface area contributed by atoms with E-state index in [2.05, 4.69) is 72.4 Å². The van der Waals surface area contributed by atoms with Crippen LogP contribution in [-0.4, -0.2) is 38.2 Å². The number of nitrogens with zero attached hydrogens (tertiary/aromatic N) is 5. The van der Waals surface area contributed by atoms with Crippen LogP contribution in [0.4, 0.5) is 0 Å². The molecule has 0 bridgehead atoms. The Hall–Kier alpha value is -2.01. The summed E-state index contributed by atoms with van der Waals surface area (Å²) < 4.78 is 2.00. The van der Waals surface area contributed by atoms with Gasteiger partial charge in [0.15, 0.2) is 5.82 Å². The SMILES string of the molecule is Cc1cccc(C)c1-n1nnnc1C(C1=CCC(C(C)C)CC1)N1CCCC1. The van der Waals surface area contributed by atoms with E-state index in [1.54, 1.807) is 0 Å². The van der Waals surface area contributed by atoms with Gasteiger partial charge in [-0.25, -0.2) is 0 Å². The summed E-state index contributed by atoms with van der Waals surface area (Å²) in [5.41, 5.74) is 5.07. The molecule has 1 saturated heterocycles. The van der Waals surface area contributed by atoms with E-state index in [1.165, 1.54) is 42.4 Å². The van der Waals surface area contributed by atoms with Gasteiger partial charge in [0, 0.05) is 0 Å². The Labute approximate surface area is 168 Å². The van der Waals surface area contributed by atoms with Crippen molar-refractivity contribution < 1.29 is 0 Å². The Balaban J connectivity index is 1.75. The molecule has 2 aliphatic rings. The minimum Gasteiger partial charge on any atom is -0.290 e. The van der Waals surface area contributed by atoms with Gasteiger partial charge in [0.25, 0.3) is 0 Å². The number of allylic oxidation sites excluding steroid dienone is 1. The molecule has 5 nitrogen and oxygen atoms in total. The first kappa shape index (κ1) is 19.3. The quantitative estimate of drug-likeness (QED) is 0.700. The summed E-state index contributed by atoms with van der Waals surface area (Å²) in [6.45, 7) is 11.3. The molecule has 2 atom stereocenters. The highest BCUT2D eigenvalue weighted by Crippen LogP contribution is 2.39. The standard InChI is InChI=1S/C23H33N5/c1-16(2)19-10-12-20(13-11-19)22(27-14-5-6-15-27)23-24-25-26-28(23)21-17(3)8-7-9-18(21)4/h7-9,12,16,19,22H,5-6,10-11,13-15H2,1-4H3. The lowest BCUT2D eigenvalue weighted by molar-refractivity contribution is 0.247. The Morgan fingerprint density at radius 1 is 1.07 bits per heavy atom. The lowest BCUT2D eigenvalue weighted by atomic mass is 9.80. The molecule has 1 aromatic carbocycles. The smallest absolute Gasteiger partial charge is 0.177 e. The molecule has 0 spiro atoms. The van der Waals surface area contributed by atoms with Crippen molar-refractivity contribution in [2.24, 2.45) is 11.8 Å². The highest BCUT2D eigenvalue weighted by atomic mass is 15.6. The fraction of sp³-hybridized carbons (Fsp3) is 0.609. The van der Waals surface area contributed by atoms with Crippen LogP contribution < -0.4 is 0 Å². The van der Waals surface area contributed by atoms with E-state index in [4.69, 9.17) is 0 Å². The zero-order chi connectivity index (χ0) is 19.7. The topological polar surface area (TPSA) is 46.8 Å². The van der Waals surface area contributed by atoms with Crippen LogP contribution in [0.2, 0.25) is 0 Å². The Bertz CT molecular complexity index is 824. The summed E-state index contributed by atoms with van der Waals surface area (Å²) in [6.07, 6.45) is 8.65. The van der Waals surface area contributed by atoms with Gasteiger partial charge in [-0.3, -0.25) is 4.90 Å². The van der Waals surface area contributed by atoms with Gasteiger partial charge in [-0.1, -0.05) is 38.1 Å².